The van der Waals surface area contributed by atoms with Crippen molar-refractivity contribution in [3.05, 3.63) is 59.0 Å². The number of esters is 2. The molecule has 0 spiro atoms. The fourth-order valence-electron chi connectivity index (χ4n) is 2.24. The van der Waals surface area contributed by atoms with E-state index >= 15 is 0 Å². The van der Waals surface area contributed by atoms with Crippen LogP contribution in [-0.4, -0.2) is 18.5 Å². The van der Waals surface area contributed by atoms with Crippen molar-refractivity contribution in [1.29, 1.82) is 0 Å². The third-order valence-electron chi connectivity index (χ3n) is 3.40. The zero-order valence-electron chi connectivity index (χ0n) is 12.9. The summed E-state index contributed by atoms with van der Waals surface area (Å²) in [5.74, 6) is -0.591. The van der Waals surface area contributed by atoms with Gasteiger partial charge in [0.05, 0.1) is 17.9 Å². The normalized spacial score (nSPS) is 10.5. The SMILES string of the molecule is CCOC(=O)c1ccc(OC(=O)c2sc3ccccc3c2N)cc1. The van der Waals surface area contributed by atoms with Gasteiger partial charge in [0.2, 0.25) is 0 Å². The standard InChI is InChI=1S/C18H15NO4S/c1-2-22-17(20)11-7-9-12(10-8-11)23-18(21)16-15(19)13-5-3-4-6-14(13)24-16/h3-10H,2,19H2,1H3. The highest BCUT2D eigenvalue weighted by Gasteiger charge is 2.18. The first-order valence-corrected chi connectivity index (χ1v) is 8.18. The molecule has 0 radical (unpaired) electrons. The maximum Gasteiger partial charge on any atom is 0.355 e. The Labute approximate surface area is 142 Å². The summed E-state index contributed by atoms with van der Waals surface area (Å²) >= 11 is 1.29. The zero-order chi connectivity index (χ0) is 17.1. The molecule has 6 heteroatoms. The Bertz CT molecular complexity index is 899. The van der Waals surface area contributed by atoms with Crippen LogP contribution >= 0.6 is 11.3 Å². The first-order chi connectivity index (χ1) is 11.6. The van der Waals surface area contributed by atoms with Gasteiger partial charge in [-0.2, -0.15) is 0 Å². The van der Waals surface area contributed by atoms with Crippen LogP contribution in [0.1, 0.15) is 27.0 Å². The van der Waals surface area contributed by atoms with E-state index in [1.807, 2.05) is 24.3 Å². The molecule has 24 heavy (non-hydrogen) atoms. The number of ether oxygens (including phenoxy) is 2. The molecule has 2 N–H and O–H groups in total. The van der Waals surface area contributed by atoms with Crippen molar-refractivity contribution < 1.29 is 19.1 Å². The van der Waals surface area contributed by atoms with E-state index in [2.05, 4.69) is 0 Å². The second kappa shape index (κ2) is 6.72. The van der Waals surface area contributed by atoms with Crippen molar-refractivity contribution in [1.82, 2.24) is 0 Å². The fourth-order valence-corrected chi connectivity index (χ4v) is 3.24. The van der Waals surface area contributed by atoms with Gasteiger partial charge in [0.1, 0.15) is 10.6 Å². The lowest BCUT2D eigenvalue weighted by Gasteiger charge is -2.05. The van der Waals surface area contributed by atoms with Crippen molar-refractivity contribution in [3.8, 4) is 5.75 Å². The van der Waals surface area contributed by atoms with Crippen molar-refractivity contribution in [2.24, 2.45) is 0 Å². The van der Waals surface area contributed by atoms with Crippen molar-refractivity contribution in [2.45, 2.75) is 6.92 Å². The number of benzene rings is 2. The van der Waals surface area contributed by atoms with Crippen LogP contribution in [0.15, 0.2) is 48.5 Å². The quantitative estimate of drug-likeness (QED) is 0.575. The van der Waals surface area contributed by atoms with E-state index in [1.54, 1.807) is 31.2 Å². The number of fused-ring (bicyclic) bond motifs is 1. The average Bonchev–Trinajstić information content (AvgIpc) is 2.93. The summed E-state index contributed by atoms with van der Waals surface area (Å²) < 4.78 is 11.2. The monoisotopic (exact) mass is 341 g/mol. The molecule has 0 saturated carbocycles. The number of hydrogen-bond donors (Lipinski definition) is 1. The number of thiophene rings is 1. The summed E-state index contributed by atoms with van der Waals surface area (Å²) in [5, 5.41) is 0.840. The minimum Gasteiger partial charge on any atom is -0.462 e. The number of nitrogens with two attached hydrogens (primary N) is 1. The minimum absolute atomic E-state index is 0.306. The van der Waals surface area contributed by atoms with Gasteiger partial charge in [-0.3, -0.25) is 0 Å². The number of nitrogen functional groups attached to an aromatic ring is 1. The van der Waals surface area contributed by atoms with Gasteiger partial charge in [-0.25, -0.2) is 9.59 Å². The van der Waals surface area contributed by atoms with Crippen LogP contribution in [0.3, 0.4) is 0 Å². The van der Waals surface area contributed by atoms with Gasteiger partial charge in [0.25, 0.3) is 0 Å². The number of carbonyl (C=O) groups is 2. The second-order valence-corrected chi connectivity index (χ2v) is 6.03. The summed E-state index contributed by atoms with van der Waals surface area (Å²) in [5.41, 5.74) is 6.86. The molecule has 0 fully saturated rings. The first-order valence-electron chi connectivity index (χ1n) is 7.36. The lowest BCUT2D eigenvalue weighted by atomic mass is 10.2. The highest BCUT2D eigenvalue weighted by atomic mass is 32.1. The van der Waals surface area contributed by atoms with E-state index in [1.165, 1.54) is 11.3 Å². The van der Waals surface area contributed by atoms with Crippen LogP contribution < -0.4 is 10.5 Å². The molecule has 122 valence electrons. The number of rotatable bonds is 4. The molecule has 0 aliphatic heterocycles. The molecule has 0 saturated heterocycles. The molecule has 0 aliphatic carbocycles. The molecule has 5 nitrogen and oxygen atoms in total. The van der Waals surface area contributed by atoms with Crippen LogP contribution in [0.5, 0.6) is 5.75 Å². The van der Waals surface area contributed by atoms with Crippen LogP contribution in [0.2, 0.25) is 0 Å². The summed E-state index contributed by atoms with van der Waals surface area (Å²) in [7, 11) is 0. The van der Waals surface area contributed by atoms with E-state index in [-0.39, 0.29) is 0 Å². The Morgan fingerprint density at radius 1 is 1.04 bits per heavy atom. The minimum atomic E-state index is -0.516. The van der Waals surface area contributed by atoms with Gasteiger partial charge < -0.3 is 15.2 Å². The summed E-state index contributed by atoms with van der Waals surface area (Å²) in [6.45, 7) is 2.05. The Hall–Kier alpha value is -2.86. The smallest absolute Gasteiger partial charge is 0.355 e. The molecular weight excluding hydrogens is 326 g/mol. The molecule has 0 amide bonds. The Balaban J connectivity index is 1.79. The van der Waals surface area contributed by atoms with Gasteiger partial charge in [0.15, 0.2) is 0 Å². The molecule has 0 bridgehead atoms. The van der Waals surface area contributed by atoms with E-state index < -0.39 is 11.9 Å². The molecule has 0 aliphatic rings. The Kier molecular flexibility index (Phi) is 4.48. The maximum atomic E-state index is 12.3. The fraction of sp³-hybridized carbons (Fsp3) is 0.111. The molecule has 3 aromatic rings. The predicted octanol–water partition coefficient (Wildman–Crippen LogP) is 3.88. The highest BCUT2D eigenvalue weighted by molar-refractivity contribution is 7.21. The third kappa shape index (κ3) is 3.09. The molecule has 2 aromatic carbocycles. The second-order valence-electron chi connectivity index (χ2n) is 4.98. The molecular formula is C18H15NO4S. The van der Waals surface area contributed by atoms with E-state index in [4.69, 9.17) is 15.2 Å². The number of hydrogen-bond acceptors (Lipinski definition) is 6. The molecule has 3 rings (SSSR count). The molecule has 0 unspecified atom stereocenters. The van der Waals surface area contributed by atoms with Gasteiger partial charge >= 0.3 is 11.9 Å². The van der Waals surface area contributed by atoms with E-state index in [9.17, 15) is 9.59 Å². The zero-order valence-corrected chi connectivity index (χ0v) is 13.8. The van der Waals surface area contributed by atoms with Gasteiger partial charge in [0, 0.05) is 10.1 Å². The first kappa shape index (κ1) is 16.0. The van der Waals surface area contributed by atoms with E-state index in [0.717, 1.165) is 10.1 Å². The lowest BCUT2D eigenvalue weighted by molar-refractivity contribution is 0.0526. The van der Waals surface area contributed by atoms with Crippen molar-refractivity contribution >= 4 is 39.0 Å². The van der Waals surface area contributed by atoms with Crippen LogP contribution in [0, 0.1) is 0 Å². The number of anilines is 1. The summed E-state index contributed by atoms with van der Waals surface area (Å²) in [6.07, 6.45) is 0. The average molecular weight is 341 g/mol. The molecule has 1 heterocycles. The lowest BCUT2D eigenvalue weighted by Crippen LogP contribution is -2.09. The largest absolute Gasteiger partial charge is 0.462 e. The van der Waals surface area contributed by atoms with Crippen LogP contribution in [0.4, 0.5) is 5.69 Å². The van der Waals surface area contributed by atoms with Crippen LogP contribution in [-0.2, 0) is 4.74 Å². The summed E-state index contributed by atoms with van der Waals surface area (Å²) in [4.78, 5) is 24.3. The van der Waals surface area contributed by atoms with Gasteiger partial charge in [-0.15, -0.1) is 11.3 Å². The van der Waals surface area contributed by atoms with Crippen LogP contribution in [0.25, 0.3) is 10.1 Å². The van der Waals surface area contributed by atoms with Crippen molar-refractivity contribution in [2.75, 3.05) is 12.3 Å². The Morgan fingerprint density at radius 3 is 2.42 bits per heavy atom. The van der Waals surface area contributed by atoms with Crippen molar-refractivity contribution in [3.63, 3.8) is 0 Å². The highest BCUT2D eigenvalue weighted by Crippen LogP contribution is 2.34. The van der Waals surface area contributed by atoms with Gasteiger partial charge in [-0.1, -0.05) is 18.2 Å². The van der Waals surface area contributed by atoms with Gasteiger partial charge in [-0.05, 0) is 37.3 Å². The predicted molar refractivity (Wildman–Crippen MR) is 93.6 cm³/mol. The summed E-state index contributed by atoms with van der Waals surface area (Å²) in [6, 6.07) is 13.7. The molecule has 1 aromatic heterocycles. The molecule has 0 atom stereocenters. The third-order valence-corrected chi connectivity index (χ3v) is 4.56. The topological polar surface area (TPSA) is 78.6 Å². The van der Waals surface area contributed by atoms with E-state index in [0.29, 0.717) is 28.5 Å². The maximum absolute atomic E-state index is 12.3. The Morgan fingerprint density at radius 2 is 1.75 bits per heavy atom. The number of carbonyl (C=O) groups excluding carboxylic acids is 2.